The number of hydrogen-bond donors (Lipinski definition) is 3. The molecule has 0 spiro atoms. The van der Waals surface area contributed by atoms with Crippen molar-refractivity contribution in [2.75, 3.05) is 7.05 Å². The van der Waals surface area contributed by atoms with Crippen molar-refractivity contribution >= 4 is 56.3 Å². The zero-order valence-corrected chi connectivity index (χ0v) is 17.1. The van der Waals surface area contributed by atoms with Crippen molar-refractivity contribution in [1.82, 2.24) is 10.3 Å². The zero-order valence-electron chi connectivity index (χ0n) is 14.7. The van der Waals surface area contributed by atoms with Gasteiger partial charge in [-0.15, -0.1) is 23.7 Å². The maximum atomic E-state index is 12.3. The van der Waals surface area contributed by atoms with Gasteiger partial charge >= 0.3 is 0 Å². The molecule has 3 N–H and O–H groups in total. The molecule has 27 heavy (non-hydrogen) atoms. The molecule has 140 valence electrons. The first-order chi connectivity index (χ1) is 12.5. The Morgan fingerprint density at radius 3 is 2.59 bits per heavy atom. The van der Waals surface area contributed by atoms with Crippen LogP contribution in [0, 0.1) is 0 Å². The molecule has 0 amide bonds. The molecule has 0 unspecified atom stereocenters. The van der Waals surface area contributed by atoms with Gasteiger partial charge in [0, 0.05) is 28.4 Å². The number of nitrogens with one attached hydrogen (secondary N) is 2. The van der Waals surface area contributed by atoms with Crippen molar-refractivity contribution in [3.05, 3.63) is 62.7 Å². The fourth-order valence-electron chi connectivity index (χ4n) is 3.28. The van der Waals surface area contributed by atoms with E-state index in [9.17, 15) is 9.90 Å². The summed E-state index contributed by atoms with van der Waals surface area (Å²) in [6, 6.07) is 11.6. The summed E-state index contributed by atoms with van der Waals surface area (Å²) < 4.78 is 0.626. The largest absolute Gasteiger partial charge is 0.507 e. The fraction of sp³-hybridized carbons (Fsp3) is 0.150. The number of phenolic OH excluding ortho intramolecular Hbond substituents is 1. The second-order valence-electron chi connectivity index (χ2n) is 6.25. The van der Waals surface area contributed by atoms with E-state index >= 15 is 0 Å². The minimum absolute atomic E-state index is 0. The number of pyridine rings is 1. The second-order valence-corrected chi connectivity index (χ2v) is 7.58. The Hall–Kier alpha value is -2.05. The summed E-state index contributed by atoms with van der Waals surface area (Å²) in [5.74, 6) is 0.0939. The van der Waals surface area contributed by atoms with Crippen LogP contribution in [0.5, 0.6) is 5.75 Å². The van der Waals surface area contributed by atoms with Crippen molar-refractivity contribution in [1.29, 1.82) is 0 Å². The highest BCUT2D eigenvalue weighted by molar-refractivity contribution is 7.17. The van der Waals surface area contributed by atoms with Gasteiger partial charge < -0.3 is 15.4 Å². The van der Waals surface area contributed by atoms with Crippen LogP contribution >= 0.6 is 35.3 Å². The lowest BCUT2D eigenvalue weighted by Crippen LogP contribution is -2.11. The zero-order chi connectivity index (χ0) is 18.4. The van der Waals surface area contributed by atoms with Crippen LogP contribution in [0.4, 0.5) is 0 Å². The number of phenols is 1. The van der Waals surface area contributed by atoms with Crippen LogP contribution < -0.4 is 10.9 Å². The Kier molecular flexibility index (Phi) is 5.49. The highest BCUT2D eigenvalue weighted by Gasteiger charge is 2.18. The van der Waals surface area contributed by atoms with Crippen LogP contribution in [0.1, 0.15) is 18.5 Å². The molecule has 2 aromatic carbocycles. The van der Waals surface area contributed by atoms with Crippen molar-refractivity contribution in [3.8, 4) is 16.9 Å². The molecule has 0 aliphatic rings. The van der Waals surface area contributed by atoms with Crippen LogP contribution in [0.25, 0.3) is 32.1 Å². The average Bonchev–Trinajstić information content (AvgIpc) is 3.13. The monoisotopic (exact) mass is 420 g/mol. The van der Waals surface area contributed by atoms with Gasteiger partial charge in [0.2, 0.25) is 0 Å². The molecule has 2 aromatic heterocycles. The van der Waals surface area contributed by atoms with Gasteiger partial charge in [0.05, 0.1) is 10.5 Å². The van der Waals surface area contributed by atoms with Crippen LogP contribution in [0.2, 0.25) is 5.02 Å². The molecule has 1 atom stereocenters. The van der Waals surface area contributed by atoms with E-state index in [0.29, 0.717) is 20.8 Å². The van der Waals surface area contributed by atoms with Crippen molar-refractivity contribution in [2.24, 2.45) is 0 Å². The summed E-state index contributed by atoms with van der Waals surface area (Å²) in [5, 5.41) is 17.6. The Morgan fingerprint density at radius 1 is 1.22 bits per heavy atom. The van der Waals surface area contributed by atoms with E-state index in [1.165, 1.54) is 17.4 Å². The van der Waals surface area contributed by atoms with Crippen molar-refractivity contribution < 1.29 is 5.11 Å². The highest BCUT2D eigenvalue weighted by atomic mass is 35.5. The van der Waals surface area contributed by atoms with E-state index < -0.39 is 0 Å². The number of benzene rings is 2. The number of halogens is 2. The van der Waals surface area contributed by atoms with Gasteiger partial charge in [0.1, 0.15) is 10.4 Å². The normalized spacial score (nSPS) is 12.3. The van der Waals surface area contributed by atoms with Crippen LogP contribution in [-0.4, -0.2) is 17.1 Å². The third-order valence-corrected chi connectivity index (χ3v) is 5.98. The highest BCUT2D eigenvalue weighted by Crippen LogP contribution is 2.42. The minimum Gasteiger partial charge on any atom is -0.507 e. The molecule has 4 aromatic rings. The van der Waals surface area contributed by atoms with Gasteiger partial charge in [-0.25, -0.2) is 0 Å². The molecular weight excluding hydrogens is 403 g/mol. The summed E-state index contributed by atoms with van der Waals surface area (Å²) in [4.78, 5) is 15.2. The molecule has 0 radical (unpaired) electrons. The molecule has 4 nitrogen and oxygen atoms in total. The SMILES string of the molecule is CN[C@@H](C)c1ccc(-c2c(O)cc(Cl)c3[nH]c(=O)c4sccc4c23)cc1.Cl. The first kappa shape index (κ1) is 19.7. The number of H-pyrrole nitrogens is 1. The molecule has 0 fully saturated rings. The third kappa shape index (κ3) is 3.21. The summed E-state index contributed by atoms with van der Waals surface area (Å²) in [6.45, 7) is 2.09. The Labute approximate surface area is 171 Å². The number of fused-ring (bicyclic) bond motifs is 3. The lowest BCUT2D eigenvalue weighted by molar-refractivity contribution is 0.478. The van der Waals surface area contributed by atoms with Gasteiger partial charge in [0.15, 0.2) is 0 Å². The van der Waals surface area contributed by atoms with Gasteiger partial charge in [-0.1, -0.05) is 35.9 Å². The maximum Gasteiger partial charge on any atom is 0.266 e. The molecule has 4 rings (SSSR count). The topological polar surface area (TPSA) is 65.1 Å². The quantitative estimate of drug-likeness (QED) is 0.411. The maximum absolute atomic E-state index is 12.3. The number of aromatic hydroxyl groups is 1. The van der Waals surface area contributed by atoms with E-state index in [1.54, 1.807) is 0 Å². The first-order valence-electron chi connectivity index (χ1n) is 8.23. The number of rotatable bonds is 3. The molecule has 0 aliphatic heterocycles. The second kappa shape index (κ2) is 7.52. The first-order valence-corrected chi connectivity index (χ1v) is 9.49. The van der Waals surface area contributed by atoms with Gasteiger partial charge in [-0.2, -0.15) is 0 Å². The summed E-state index contributed by atoms with van der Waals surface area (Å²) >= 11 is 7.69. The van der Waals surface area contributed by atoms with Crippen molar-refractivity contribution in [3.63, 3.8) is 0 Å². The Morgan fingerprint density at radius 2 is 1.93 bits per heavy atom. The Bertz CT molecular complexity index is 1180. The summed E-state index contributed by atoms with van der Waals surface area (Å²) in [6.07, 6.45) is 0. The predicted molar refractivity (Wildman–Crippen MR) is 117 cm³/mol. The molecule has 7 heteroatoms. The van der Waals surface area contributed by atoms with Crippen LogP contribution in [0.15, 0.2) is 46.6 Å². The van der Waals surface area contributed by atoms with E-state index in [2.05, 4.69) is 17.2 Å². The average molecular weight is 421 g/mol. The molecule has 0 aliphatic carbocycles. The van der Waals surface area contributed by atoms with E-state index in [0.717, 1.165) is 21.9 Å². The molecular formula is C20H18Cl2N2O2S. The molecule has 0 saturated heterocycles. The van der Waals surface area contributed by atoms with Gasteiger partial charge in [-0.05, 0) is 36.5 Å². The van der Waals surface area contributed by atoms with Crippen molar-refractivity contribution in [2.45, 2.75) is 13.0 Å². The van der Waals surface area contributed by atoms with E-state index in [1.807, 2.05) is 42.8 Å². The number of hydrogen-bond acceptors (Lipinski definition) is 4. The lowest BCUT2D eigenvalue weighted by Gasteiger charge is -2.14. The molecule has 0 bridgehead atoms. The lowest BCUT2D eigenvalue weighted by atomic mass is 9.95. The smallest absolute Gasteiger partial charge is 0.266 e. The standard InChI is InChI=1S/C20H17ClN2O2S.ClH/c1-10(22-2)11-3-5-12(6-4-11)16-15(24)9-14(21)18-17(16)13-7-8-26-19(13)20(25)23-18;/h3-10,22,24H,1-2H3,(H,23,25);1H/t10-;/m0./s1. The van der Waals surface area contributed by atoms with Gasteiger partial charge in [0.25, 0.3) is 5.56 Å². The molecule has 0 saturated carbocycles. The van der Waals surface area contributed by atoms with E-state index in [-0.39, 0.29) is 29.8 Å². The number of aromatic nitrogens is 1. The van der Waals surface area contributed by atoms with E-state index in [4.69, 9.17) is 11.6 Å². The number of aromatic amines is 1. The fourth-order valence-corrected chi connectivity index (χ4v) is 4.32. The summed E-state index contributed by atoms with van der Waals surface area (Å²) in [5.41, 5.74) is 3.08. The Balaban J connectivity index is 0.00000210. The number of thiophene rings is 1. The van der Waals surface area contributed by atoms with Crippen LogP contribution in [-0.2, 0) is 0 Å². The minimum atomic E-state index is -0.167. The predicted octanol–water partition coefficient (Wildman–Crippen LogP) is 5.47. The van der Waals surface area contributed by atoms with Crippen LogP contribution in [0.3, 0.4) is 0 Å². The third-order valence-electron chi connectivity index (χ3n) is 4.77. The summed E-state index contributed by atoms with van der Waals surface area (Å²) in [7, 11) is 1.92. The molecule has 2 heterocycles. The van der Waals surface area contributed by atoms with Gasteiger partial charge in [-0.3, -0.25) is 4.79 Å².